The van der Waals surface area contributed by atoms with Crippen molar-refractivity contribution in [3.05, 3.63) is 28.8 Å². The fourth-order valence-electron chi connectivity index (χ4n) is 2.08. The first-order valence-corrected chi connectivity index (χ1v) is 5.39. The van der Waals surface area contributed by atoms with E-state index in [1.165, 1.54) is 13.8 Å². The van der Waals surface area contributed by atoms with Crippen molar-refractivity contribution >= 4 is 11.4 Å². The molecular formula is C12H9F6N. The van der Waals surface area contributed by atoms with Crippen LogP contribution < -0.4 is 0 Å². The third kappa shape index (κ3) is 2.33. The molecule has 0 amide bonds. The fraction of sp³-hybridized carbons (Fsp3) is 0.417. The van der Waals surface area contributed by atoms with Gasteiger partial charge in [-0.2, -0.15) is 26.3 Å². The van der Waals surface area contributed by atoms with E-state index in [2.05, 4.69) is 4.99 Å². The van der Waals surface area contributed by atoms with Gasteiger partial charge in [0.15, 0.2) is 0 Å². The van der Waals surface area contributed by atoms with Crippen LogP contribution in [0.3, 0.4) is 0 Å². The minimum atomic E-state index is -4.83. The van der Waals surface area contributed by atoms with Gasteiger partial charge in [0.05, 0.1) is 16.8 Å². The van der Waals surface area contributed by atoms with Crippen molar-refractivity contribution in [3.63, 3.8) is 0 Å². The van der Waals surface area contributed by atoms with Crippen molar-refractivity contribution < 1.29 is 26.3 Å². The highest BCUT2D eigenvalue weighted by Crippen LogP contribution is 2.47. The predicted molar refractivity (Wildman–Crippen MR) is 57.6 cm³/mol. The molecule has 19 heavy (non-hydrogen) atoms. The van der Waals surface area contributed by atoms with Crippen LogP contribution in [0.25, 0.3) is 0 Å². The molecule has 2 rings (SSSR count). The van der Waals surface area contributed by atoms with Crippen LogP contribution in [0.1, 0.15) is 36.5 Å². The number of alkyl halides is 6. The van der Waals surface area contributed by atoms with Crippen LogP contribution in [0.2, 0.25) is 0 Å². The maximum atomic E-state index is 12.9. The van der Waals surface area contributed by atoms with E-state index in [9.17, 15) is 26.3 Å². The third-order valence-corrected chi connectivity index (χ3v) is 3.15. The lowest BCUT2D eigenvalue weighted by molar-refractivity contribution is -0.143. The van der Waals surface area contributed by atoms with Crippen LogP contribution in [0.4, 0.5) is 32.0 Å². The first-order chi connectivity index (χ1) is 8.51. The van der Waals surface area contributed by atoms with Crippen LogP contribution in [0.15, 0.2) is 17.1 Å². The summed E-state index contributed by atoms with van der Waals surface area (Å²) in [6.07, 6.45) is -9.66. The first kappa shape index (κ1) is 13.9. The molecule has 1 unspecified atom stereocenters. The lowest BCUT2D eigenvalue weighted by Crippen LogP contribution is -2.14. The van der Waals surface area contributed by atoms with Crippen molar-refractivity contribution in [3.8, 4) is 0 Å². The van der Waals surface area contributed by atoms with Gasteiger partial charge in [-0.25, -0.2) is 0 Å². The number of benzene rings is 1. The maximum Gasteiger partial charge on any atom is 0.416 e. The molecule has 0 spiro atoms. The van der Waals surface area contributed by atoms with Gasteiger partial charge in [0.25, 0.3) is 0 Å². The van der Waals surface area contributed by atoms with E-state index < -0.39 is 29.4 Å². The normalized spacial score (nSPS) is 19.4. The summed E-state index contributed by atoms with van der Waals surface area (Å²) in [5, 5.41) is 0. The lowest BCUT2D eigenvalue weighted by atomic mass is 9.92. The standard InChI is InChI=1S/C12H9F6N/c1-5-6(2)19-9-4-7(11(13,14)15)3-8(10(5)9)12(16,17)18/h3-5H,1-2H3. The minimum absolute atomic E-state index is 0.156. The number of fused-ring (bicyclic) bond motifs is 1. The van der Waals surface area contributed by atoms with Gasteiger partial charge in [-0.3, -0.25) is 4.99 Å². The highest BCUT2D eigenvalue weighted by atomic mass is 19.4. The van der Waals surface area contributed by atoms with Crippen LogP contribution in [-0.2, 0) is 12.4 Å². The zero-order valence-corrected chi connectivity index (χ0v) is 9.95. The molecule has 1 heterocycles. The van der Waals surface area contributed by atoms with Gasteiger partial charge in [0.2, 0.25) is 0 Å². The van der Waals surface area contributed by atoms with Gasteiger partial charge in [0.1, 0.15) is 0 Å². The fourth-order valence-corrected chi connectivity index (χ4v) is 2.08. The Labute approximate surface area is 105 Å². The van der Waals surface area contributed by atoms with E-state index in [4.69, 9.17) is 0 Å². The first-order valence-electron chi connectivity index (χ1n) is 5.39. The smallest absolute Gasteiger partial charge is 0.257 e. The van der Waals surface area contributed by atoms with E-state index in [0.29, 0.717) is 11.8 Å². The summed E-state index contributed by atoms with van der Waals surface area (Å²) >= 11 is 0. The second-order valence-electron chi connectivity index (χ2n) is 4.43. The Morgan fingerprint density at radius 2 is 1.58 bits per heavy atom. The van der Waals surface area contributed by atoms with Crippen LogP contribution in [0.5, 0.6) is 0 Å². The number of rotatable bonds is 0. The molecule has 0 N–H and O–H groups in total. The molecular weight excluding hydrogens is 272 g/mol. The lowest BCUT2D eigenvalue weighted by Gasteiger charge is -2.17. The quantitative estimate of drug-likeness (QED) is 0.598. The largest absolute Gasteiger partial charge is 0.416 e. The van der Waals surface area contributed by atoms with Crippen LogP contribution >= 0.6 is 0 Å². The second kappa shape index (κ2) is 3.98. The Balaban J connectivity index is 2.73. The van der Waals surface area contributed by atoms with Crippen molar-refractivity contribution in [2.24, 2.45) is 4.99 Å². The summed E-state index contributed by atoms with van der Waals surface area (Å²) in [6, 6.07) is 0.820. The summed E-state index contributed by atoms with van der Waals surface area (Å²) in [5.41, 5.74) is -2.64. The summed E-state index contributed by atoms with van der Waals surface area (Å²) in [6.45, 7) is 2.99. The molecule has 0 saturated heterocycles. The summed E-state index contributed by atoms with van der Waals surface area (Å²) < 4.78 is 76.5. The zero-order valence-electron chi connectivity index (χ0n) is 9.95. The molecule has 0 fully saturated rings. The number of halogens is 6. The van der Waals surface area contributed by atoms with Crippen molar-refractivity contribution in [2.75, 3.05) is 0 Å². The van der Waals surface area contributed by atoms with E-state index >= 15 is 0 Å². The van der Waals surface area contributed by atoms with E-state index in [1.807, 2.05) is 0 Å². The highest BCUT2D eigenvalue weighted by Gasteiger charge is 2.42. The zero-order chi connectivity index (χ0) is 14.6. The molecule has 1 aliphatic heterocycles. The van der Waals surface area contributed by atoms with E-state index in [-0.39, 0.29) is 17.3 Å². The van der Waals surface area contributed by atoms with Crippen molar-refractivity contribution in [2.45, 2.75) is 32.1 Å². The number of aliphatic imine (C=N–C) groups is 1. The topological polar surface area (TPSA) is 12.4 Å². The molecule has 7 heteroatoms. The summed E-state index contributed by atoms with van der Waals surface area (Å²) in [4.78, 5) is 3.80. The minimum Gasteiger partial charge on any atom is -0.257 e. The van der Waals surface area contributed by atoms with Crippen molar-refractivity contribution in [1.29, 1.82) is 0 Å². The molecule has 0 aliphatic carbocycles. The Morgan fingerprint density at radius 3 is 2.05 bits per heavy atom. The summed E-state index contributed by atoms with van der Waals surface area (Å²) in [7, 11) is 0. The summed E-state index contributed by atoms with van der Waals surface area (Å²) in [5.74, 6) is -0.631. The van der Waals surface area contributed by atoms with E-state index in [0.717, 1.165) is 0 Å². The number of nitrogens with zero attached hydrogens (tertiary/aromatic N) is 1. The molecule has 0 aromatic heterocycles. The molecule has 104 valence electrons. The van der Waals surface area contributed by atoms with Crippen LogP contribution in [-0.4, -0.2) is 5.71 Å². The molecule has 0 saturated carbocycles. The molecule has 0 bridgehead atoms. The van der Waals surface area contributed by atoms with Crippen molar-refractivity contribution in [1.82, 2.24) is 0 Å². The monoisotopic (exact) mass is 281 g/mol. The van der Waals surface area contributed by atoms with Crippen LogP contribution in [0, 0.1) is 0 Å². The van der Waals surface area contributed by atoms with Gasteiger partial charge in [-0.1, -0.05) is 6.92 Å². The molecule has 0 radical (unpaired) electrons. The Bertz CT molecular complexity index is 553. The highest BCUT2D eigenvalue weighted by molar-refractivity contribution is 5.96. The molecule has 1 aliphatic rings. The maximum absolute atomic E-state index is 12.9. The SMILES string of the molecule is CC1=Nc2cc(C(F)(F)F)cc(C(F)(F)F)c2C1C. The van der Waals surface area contributed by atoms with Gasteiger partial charge in [-0.15, -0.1) is 0 Å². The van der Waals surface area contributed by atoms with Gasteiger partial charge >= 0.3 is 12.4 Å². The molecule has 1 aromatic rings. The third-order valence-electron chi connectivity index (χ3n) is 3.15. The molecule has 1 atom stereocenters. The van der Waals surface area contributed by atoms with Gasteiger partial charge < -0.3 is 0 Å². The Kier molecular flexibility index (Phi) is 2.91. The predicted octanol–water partition coefficient (Wildman–Crippen LogP) is 4.93. The average Bonchev–Trinajstić information content (AvgIpc) is 2.51. The molecule has 1 nitrogen and oxygen atoms in total. The molecule has 1 aromatic carbocycles. The number of hydrogen-bond acceptors (Lipinski definition) is 1. The Hall–Kier alpha value is -1.53. The van der Waals surface area contributed by atoms with Gasteiger partial charge in [0, 0.05) is 11.6 Å². The van der Waals surface area contributed by atoms with Gasteiger partial charge in [-0.05, 0) is 24.6 Å². The number of hydrogen-bond donors (Lipinski definition) is 0. The average molecular weight is 281 g/mol. The second-order valence-corrected chi connectivity index (χ2v) is 4.43. The van der Waals surface area contributed by atoms with E-state index in [1.54, 1.807) is 0 Å². The Morgan fingerprint density at radius 1 is 1.00 bits per heavy atom.